The third-order valence-electron chi connectivity index (χ3n) is 3.11. The van der Waals surface area contributed by atoms with Crippen molar-refractivity contribution in [3.05, 3.63) is 41.7 Å². The summed E-state index contributed by atoms with van der Waals surface area (Å²) in [5.41, 5.74) is 8.90. The smallest absolute Gasteiger partial charge is 0.262 e. The number of rotatable bonds is 2. The molecule has 0 saturated heterocycles. The first-order valence-electron chi connectivity index (χ1n) is 6.41. The number of aryl methyl sites for hydroxylation is 1. The monoisotopic (exact) mass is 287 g/mol. The Labute approximate surface area is 120 Å². The summed E-state index contributed by atoms with van der Waals surface area (Å²) in [6, 6.07) is 7.92. The van der Waals surface area contributed by atoms with Gasteiger partial charge in [0.25, 0.3) is 5.91 Å². The predicted molar refractivity (Wildman–Crippen MR) is 79.4 cm³/mol. The van der Waals surface area contributed by atoms with Crippen molar-refractivity contribution in [1.29, 1.82) is 0 Å². The van der Waals surface area contributed by atoms with Crippen LogP contribution in [0.25, 0.3) is 0 Å². The molecule has 6 heteroatoms. The molecule has 5 nitrogen and oxygen atoms in total. The van der Waals surface area contributed by atoms with E-state index in [2.05, 4.69) is 10.6 Å². The molecular weight excluding hydrogens is 273 g/mol. The molecule has 4 N–H and O–H groups in total. The Hall–Kier alpha value is -2.76. The largest absolute Gasteiger partial charge is 0.482 e. The van der Waals surface area contributed by atoms with E-state index < -0.39 is 0 Å². The highest BCUT2D eigenvalue weighted by atomic mass is 19.1. The lowest BCUT2D eigenvalue weighted by Gasteiger charge is -2.20. The van der Waals surface area contributed by atoms with E-state index in [4.69, 9.17) is 10.5 Å². The maximum Gasteiger partial charge on any atom is 0.262 e. The molecule has 2 aromatic rings. The SMILES string of the molecule is Cc1cc(F)cc(Nc2cc3c(cc2N)OCC(=O)N3)c1. The number of halogens is 1. The van der Waals surface area contributed by atoms with Crippen LogP contribution in [0.5, 0.6) is 5.75 Å². The molecule has 0 aliphatic carbocycles. The Bertz CT molecular complexity index is 711. The predicted octanol–water partition coefficient (Wildman–Crippen LogP) is 2.79. The molecule has 1 heterocycles. The second-order valence-electron chi connectivity index (χ2n) is 4.91. The van der Waals surface area contributed by atoms with Gasteiger partial charge in [-0.05, 0) is 36.8 Å². The Morgan fingerprint density at radius 2 is 2.10 bits per heavy atom. The summed E-state index contributed by atoms with van der Waals surface area (Å²) in [7, 11) is 0. The van der Waals surface area contributed by atoms with Crippen LogP contribution in [-0.4, -0.2) is 12.5 Å². The molecule has 0 aromatic heterocycles. The molecule has 0 atom stereocenters. The van der Waals surface area contributed by atoms with Gasteiger partial charge < -0.3 is 21.1 Å². The Morgan fingerprint density at radius 1 is 1.29 bits per heavy atom. The van der Waals surface area contributed by atoms with Gasteiger partial charge in [0.1, 0.15) is 11.6 Å². The molecule has 0 fully saturated rings. The van der Waals surface area contributed by atoms with Gasteiger partial charge in [-0.3, -0.25) is 4.79 Å². The summed E-state index contributed by atoms with van der Waals surface area (Å²) in [6.07, 6.45) is 0. The van der Waals surface area contributed by atoms with Gasteiger partial charge in [-0.2, -0.15) is 0 Å². The maximum atomic E-state index is 13.4. The number of carbonyl (C=O) groups excluding carboxylic acids is 1. The molecule has 0 radical (unpaired) electrons. The van der Waals surface area contributed by atoms with Gasteiger partial charge in [0.2, 0.25) is 0 Å². The van der Waals surface area contributed by atoms with Gasteiger partial charge in [-0.1, -0.05) is 0 Å². The maximum absolute atomic E-state index is 13.4. The van der Waals surface area contributed by atoms with Crippen LogP contribution in [0, 0.1) is 12.7 Å². The lowest BCUT2D eigenvalue weighted by atomic mass is 10.1. The lowest BCUT2D eigenvalue weighted by molar-refractivity contribution is -0.118. The van der Waals surface area contributed by atoms with Crippen LogP contribution < -0.4 is 21.1 Å². The first-order chi connectivity index (χ1) is 10.0. The van der Waals surface area contributed by atoms with Crippen molar-refractivity contribution in [1.82, 2.24) is 0 Å². The summed E-state index contributed by atoms with van der Waals surface area (Å²) in [5.74, 6) is -0.0291. The molecule has 0 unspecified atom stereocenters. The Morgan fingerprint density at radius 3 is 2.86 bits per heavy atom. The van der Waals surface area contributed by atoms with Crippen LogP contribution in [-0.2, 0) is 4.79 Å². The van der Waals surface area contributed by atoms with Gasteiger partial charge in [-0.25, -0.2) is 4.39 Å². The number of nitrogens with two attached hydrogens (primary N) is 1. The molecule has 21 heavy (non-hydrogen) atoms. The zero-order valence-electron chi connectivity index (χ0n) is 11.4. The number of hydrogen-bond acceptors (Lipinski definition) is 4. The molecular formula is C15H14FN3O2. The molecule has 3 rings (SSSR count). The minimum absolute atomic E-state index is 0.0255. The zero-order valence-corrected chi connectivity index (χ0v) is 11.4. The summed E-state index contributed by atoms with van der Waals surface area (Å²) in [6.45, 7) is 1.78. The first-order valence-corrected chi connectivity index (χ1v) is 6.41. The zero-order chi connectivity index (χ0) is 15.0. The van der Waals surface area contributed by atoms with Crippen molar-refractivity contribution in [3.63, 3.8) is 0 Å². The molecule has 108 valence electrons. The highest BCUT2D eigenvalue weighted by Crippen LogP contribution is 2.36. The second-order valence-corrected chi connectivity index (χ2v) is 4.91. The summed E-state index contributed by atoms with van der Waals surface area (Å²) in [5, 5.41) is 5.75. The van der Waals surface area contributed by atoms with Gasteiger partial charge in [0, 0.05) is 11.8 Å². The van der Waals surface area contributed by atoms with Crippen molar-refractivity contribution in [2.24, 2.45) is 0 Å². The number of hydrogen-bond donors (Lipinski definition) is 3. The summed E-state index contributed by atoms with van der Waals surface area (Å²) in [4.78, 5) is 11.3. The van der Waals surface area contributed by atoms with Gasteiger partial charge in [0.05, 0.1) is 17.1 Å². The van der Waals surface area contributed by atoms with E-state index in [1.165, 1.54) is 12.1 Å². The van der Waals surface area contributed by atoms with Crippen LogP contribution in [0.3, 0.4) is 0 Å². The average molecular weight is 287 g/mol. The molecule has 1 amide bonds. The minimum atomic E-state index is -0.328. The third-order valence-corrected chi connectivity index (χ3v) is 3.11. The Balaban J connectivity index is 1.95. The van der Waals surface area contributed by atoms with Crippen molar-refractivity contribution in [2.45, 2.75) is 6.92 Å². The number of nitrogens with one attached hydrogen (secondary N) is 2. The molecule has 0 bridgehead atoms. The van der Waals surface area contributed by atoms with E-state index in [9.17, 15) is 9.18 Å². The topological polar surface area (TPSA) is 76.4 Å². The van der Waals surface area contributed by atoms with E-state index in [0.29, 0.717) is 28.5 Å². The van der Waals surface area contributed by atoms with E-state index in [1.54, 1.807) is 25.1 Å². The second kappa shape index (κ2) is 4.97. The highest BCUT2D eigenvalue weighted by molar-refractivity contribution is 5.97. The van der Waals surface area contributed by atoms with Gasteiger partial charge >= 0.3 is 0 Å². The lowest BCUT2D eigenvalue weighted by Crippen LogP contribution is -2.25. The fraction of sp³-hybridized carbons (Fsp3) is 0.133. The van der Waals surface area contributed by atoms with E-state index >= 15 is 0 Å². The molecule has 1 aliphatic rings. The van der Waals surface area contributed by atoms with Gasteiger partial charge in [0.15, 0.2) is 6.61 Å². The van der Waals surface area contributed by atoms with Crippen molar-refractivity contribution in [2.75, 3.05) is 23.0 Å². The number of carbonyl (C=O) groups is 1. The number of amides is 1. The normalized spacial score (nSPS) is 13.1. The Kier molecular flexibility index (Phi) is 3.13. The number of anilines is 4. The third kappa shape index (κ3) is 2.74. The molecule has 1 aliphatic heterocycles. The van der Waals surface area contributed by atoms with E-state index in [0.717, 1.165) is 5.56 Å². The van der Waals surface area contributed by atoms with Crippen LogP contribution in [0.2, 0.25) is 0 Å². The quantitative estimate of drug-likeness (QED) is 0.742. The van der Waals surface area contributed by atoms with Crippen molar-refractivity contribution < 1.29 is 13.9 Å². The molecule has 2 aromatic carbocycles. The van der Waals surface area contributed by atoms with Crippen LogP contribution >= 0.6 is 0 Å². The number of fused-ring (bicyclic) bond motifs is 1. The molecule has 0 spiro atoms. The summed E-state index contributed by atoms with van der Waals surface area (Å²) < 4.78 is 18.7. The number of nitrogen functional groups attached to an aromatic ring is 1. The van der Waals surface area contributed by atoms with Crippen molar-refractivity contribution in [3.8, 4) is 5.75 Å². The fourth-order valence-electron chi connectivity index (χ4n) is 2.21. The average Bonchev–Trinajstić information content (AvgIpc) is 2.39. The van der Waals surface area contributed by atoms with Crippen LogP contribution in [0.4, 0.5) is 27.1 Å². The fourth-order valence-corrected chi connectivity index (χ4v) is 2.21. The highest BCUT2D eigenvalue weighted by Gasteiger charge is 2.18. The van der Waals surface area contributed by atoms with Gasteiger partial charge in [-0.15, -0.1) is 0 Å². The number of ether oxygens (including phenoxy) is 1. The number of benzene rings is 2. The standard InChI is InChI=1S/C15H14FN3O2/c1-8-2-9(16)4-10(3-8)18-12-6-13-14(5-11(12)17)21-7-15(20)19-13/h2-6,18H,7,17H2,1H3,(H,19,20). The first kappa shape index (κ1) is 13.2. The van der Waals surface area contributed by atoms with Crippen molar-refractivity contribution >= 4 is 28.7 Å². The van der Waals surface area contributed by atoms with E-state index in [1.807, 2.05) is 0 Å². The summed E-state index contributed by atoms with van der Waals surface area (Å²) >= 11 is 0. The van der Waals surface area contributed by atoms with E-state index in [-0.39, 0.29) is 18.3 Å². The van der Waals surface area contributed by atoms with Crippen LogP contribution in [0.15, 0.2) is 30.3 Å². The molecule has 0 saturated carbocycles. The van der Waals surface area contributed by atoms with Crippen LogP contribution in [0.1, 0.15) is 5.56 Å². The minimum Gasteiger partial charge on any atom is -0.482 e.